The summed E-state index contributed by atoms with van der Waals surface area (Å²) in [4.78, 5) is 12.3. The van der Waals surface area contributed by atoms with Crippen molar-refractivity contribution in [1.29, 1.82) is 0 Å². The summed E-state index contributed by atoms with van der Waals surface area (Å²) in [6.07, 6.45) is 1.62. The van der Waals surface area contributed by atoms with E-state index in [-0.39, 0.29) is 23.9 Å². The molecule has 3 nitrogen and oxygen atoms in total. The molecule has 0 spiro atoms. The summed E-state index contributed by atoms with van der Waals surface area (Å²) < 4.78 is 0. The number of amides is 1. The highest BCUT2D eigenvalue weighted by Gasteiger charge is 2.27. The molecule has 3 N–H and O–H groups in total. The number of nitrogens with two attached hydrogens (primary N) is 1. The van der Waals surface area contributed by atoms with Crippen molar-refractivity contribution in [2.45, 2.75) is 39.2 Å². The Morgan fingerprint density at radius 1 is 1.37 bits per heavy atom. The predicted octanol–water partition coefficient (Wildman–Crippen LogP) is 3.32. The Morgan fingerprint density at radius 3 is 2.42 bits per heavy atom. The van der Waals surface area contributed by atoms with Crippen LogP contribution < -0.4 is 11.1 Å². The molecule has 0 fully saturated rings. The first-order chi connectivity index (χ1) is 8.49. The second kappa shape index (κ2) is 7.73. The maximum Gasteiger partial charge on any atom is 0.252 e. The number of rotatable bonds is 5. The van der Waals surface area contributed by atoms with E-state index in [4.69, 9.17) is 17.3 Å². The van der Waals surface area contributed by atoms with Gasteiger partial charge < -0.3 is 11.1 Å². The zero-order chi connectivity index (χ0) is 13.8. The largest absolute Gasteiger partial charge is 0.345 e. The Bertz CT molecular complexity index is 423. The number of hydrogen-bond donors (Lipinski definition) is 2. The van der Waals surface area contributed by atoms with Crippen LogP contribution in [0.2, 0.25) is 5.02 Å². The fraction of sp³-hybridized carbons (Fsp3) is 0.500. The molecule has 108 valence electrons. The topological polar surface area (TPSA) is 55.1 Å². The van der Waals surface area contributed by atoms with Crippen LogP contribution in [0.25, 0.3) is 0 Å². The van der Waals surface area contributed by atoms with Gasteiger partial charge in [0, 0.05) is 17.1 Å². The van der Waals surface area contributed by atoms with Crippen molar-refractivity contribution in [2.24, 2.45) is 5.73 Å². The van der Waals surface area contributed by atoms with Gasteiger partial charge in [-0.15, -0.1) is 12.4 Å². The molecule has 1 aromatic rings. The summed E-state index contributed by atoms with van der Waals surface area (Å²) in [6.45, 7) is 6.34. The highest BCUT2D eigenvalue weighted by Crippen LogP contribution is 2.20. The molecule has 0 saturated heterocycles. The maximum atomic E-state index is 12.3. The molecule has 0 heterocycles. The van der Waals surface area contributed by atoms with Crippen molar-refractivity contribution in [3.63, 3.8) is 0 Å². The van der Waals surface area contributed by atoms with Gasteiger partial charge >= 0.3 is 0 Å². The van der Waals surface area contributed by atoms with Crippen molar-refractivity contribution in [3.05, 3.63) is 34.3 Å². The first-order valence-corrected chi connectivity index (χ1v) is 6.65. The number of nitrogens with one attached hydrogen (secondary N) is 1. The van der Waals surface area contributed by atoms with E-state index in [1.807, 2.05) is 20.8 Å². The van der Waals surface area contributed by atoms with E-state index >= 15 is 0 Å². The van der Waals surface area contributed by atoms with Crippen LogP contribution in [0.5, 0.6) is 0 Å². The molecule has 5 heteroatoms. The van der Waals surface area contributed by atoms with Gasteiger partial charge in [-0.05, 0) is 37.5 Å². The Balaban J connectivity index is 0.00000324. The van der Waals surface area contributed by atoms with Gasteiger partial charge in [-0.1, -0.05) is 31.5 Å². The predicted molar refractivity (Wildman–Crippen MR) is 83.3 cm³/mol. The Kier molecular flexibility index (Phi) is 7.42. The van der Waals surface area contributed by atoms with Crippen LogP contribution in [-0.2, 0) is 0 Å². The lowest BCUT2D eigenvalue weighted by Crippen LogP contribution is -2.53. The molecule has 0 aliphatic rings. The third-order valence-electron chi connectivity index (χ3n) is 3.64. The van der Waals surface area contributed by atoms with Gasteiger partial charge in [0.1, 0.15) is 0 Å². The number of benzene rings is 1. The van der Waals surface area contributed by atoms with Gasteiger partial charge in [0.05, 0.1) is 5.54 Å². The Labute approximate surface area is 126 Å². The highest BCUT2D eigenvalue weighted by molar-refractivity contribution is 6.31. The summed E-state index contributed by atoms with van der Waals surface area (Å²) >= 11 is 6.03. The van der Waals surface area contributed by atoms with E-state index in [9.17, 15) is 4.79 Å². The molecule has 0 atom stereocenters. The summed E-state index contributed by atoms with van der Waals surface area (Å²) in [5.41, 5.74) is 6.87. The summed E-state index contributed by atoms with van der Waals surface area (Å²) in [7, 11) is 0. The van der Waals surface area contributed by atoms with Crippen LogP contribution >= 0.6 is 24.0 Å². The fourth-order valence-electron chi connectivity index (χ4n) is 1.93. The molecule has 0 aromatic heterocycles. The first kappa shape index (κ1) is 18.2. The van der Waals surface area contributed by atoms with Crippen LogP contribution in [0, 0.1) is 6.92 Å². The molecular formula is C14H22Cl2N2O. The molecule has 1 amide bonds. The SMILES string of the molecule is CCC(CC)(CN)NC(=O)c1cccc(Cl)c1C.Cl. The second-order valence-electron chi connectivity index (χ2n) is 4.56. The molecule has 0 aliphatic heterocycles. The molecule has 0 bridgehead atoms. The second-order valence-corrected chi connectivity index (χ2v) is 4.97. The number of halogens is 2. The van der Waals surface area contributed by atoms with Crippen molar-refractivity contribution in [1.82, 2.24) is 5.32 Å². The lowest BCUT2D eigenvalue weighted by Gasteiger charge is -2.31. The van der Waals surface area contributed by atoms with Gasteiger partial charge in [-0.25, -0.2) is 0 Å². The normalized spacial score (nSPS) is 10.8. The minimum atomic E-state index is -0.328. The molecule has 0 aliphatic carbocycles. The van der Waals surface area contributed by atoms with Crippen LogP contribution in [0.4, 0.5) is 0 Å². The number of hydrogen-bond acceptors (Lipinski definition) is 2. The van der Waals surface area contributed by atoms with Gasteiger partial charge in [-0.3, -0.25) is 4.79 Å². The van der Waals surface area contributed by atoms with Crippen LogP contribution in [0.3, 0.4) is 0 Å². The molecule has 19 heavy (non-hydrogen) atoms. The average Bonchev–Trinajstić information content (AvgIpc) is 2.39. The monoisotopic (exact) mass is 304 g/mol. The zero-order valence-corrected chi connectivity index (χ0v) is 13.2. The smallest absolute Gasteiger partial charge is 0.252 e. The average molecular weight is 305 g/mol. The van der Waals surface area contributed by atoms with Gasteiger partial charge in [0.15, 0.2) is 0 Å². The van der Waals surface area contributed by atoms with E-state index in [2.05, 4.69) is 5.32 Å². The summed E-state index contributed by atoms with van der Waals surface area (Å²) in [6, 6.07) is 5.35. The minimum Gasteiger partial charge on any atom is -0.345 e. The van der Waals surface area contributed by atoms with Gasteiger partial charge in [-0.2, -0.15) is 0 Å². The standard InChI is InChI=1S/C14H21ClN2O.ClH/c1-4-14(5-2,9-16)17-13(18)11-7-6-8-12(15)10(11)3;/h6-8H,4-5,9,16H2,1-3H3,(H,17,18);1H. The molecule has 1 aromatic carbocycles. The quantitative estimate of drug-likeness (QED) is 0.877. The molecule has 0 saturated carbocycles. The Morgan fingerprint density at radius 2 is 1.95 bits per heavy atom. The van der Waals surface area contributed by atoms with Crippen LogP contribution in [0.15, 0.2) is 18.2 Å². The van der Waals surface area contributed by atoms with E-state index in [0.29, 0.717) is 17.1 Å². The van der Waals surface area contributed by atoms with Crippen molar-refractivity contribution < 1.29 is 4.79 Å². The van der Waals surface area contributed by atoms with Gasteiger partial charge in [0.2, 0.25) is 0 Å². The van der Waals surface area contributed by atoms with E-state index < -0.39 is 0 Å². The molecule has 1 rings (SSSR count). The van der Waals surface area contributed by atoms with Crippen molar-refractivity contribution in [3.8, 4) is 0 Å². The molecule has 0 radical (unpaired) electrons. The molecular weight excluding hydrogens is 283 g/mol. The lowest BCUT2D eigenvalue weighted by atomic mass is 9.92. The first-order valence-electron chi connectivity index (χ1n) is 6.27. The third-order valence-corrected chi connectivity index (χ3v) is 4.04. The van der Waals surface area contributed by atoms with Crippen LogP contribution in [-0.4, -0.2) is 18.0 Å². The van der Waals surface area contributed by atoms with Crippen molar-refractivity contribution >= 4 is 29.9 Å². The maximum absolute atomic E-state index is 12.3. The van der Waals surface area contributed by atoms with Gasteiger partial charge in [0.25, 0.3) is 5.91 Å². The zero-order valence-electron chi connectivity index (χ0n) is 11.6. The highest BCUT2D eigenvalue weighted by atomic mass is 35.5. The molecule has 0 unspecified atom stereocenters. The van der Waals surface area contributed by atoms with E-state index in [1.165, 1.54) is 0 Å². The third kappa shape index (κ3) is 4.10. The van der Waals surface area contributed by atoms with E-state index in [0.717, 1.165) is 18.4 Å². The fourth-order valence-corrected chi connectivity index (χ4v) is 2.10. The lowest BCUT2D eigenvalue weighted by molar-refractivity contribution is 0.0894. The van der Waals surface area contributed by atoms with E-state index in [1.54, 1.807) is 18.2 Å². The van der Waals surface area contributed by atoms with Crippen LogP contribution in [0.1, 0.15) is 42.6 Å². The Hall–Kier alpha value is -0.770. The summed E-state index contributed by atoms with van der Waals surface area (Å²) in [5, 5.41) is 3.65. The summed E-state index contributed by atoms with van der Waals surface area (Å²) in [5.74, 6) is -0.107. The number of carbonyl (C=O) groups excluding carboxylic acids is 1. The van der Waals surface area contributed by atoms with Crippen molar-refractivity contribution in [2.75, 3.05) is 6.54 Å². The number of carbonyl (C=O) groups is 1. The minimum absolute atomic E-state index is 0.